The number of carbonyl (C=O) groups is 1. The third-order valence-corrected chi connectivity index (χ3v) is 6.28. The summed E-state index contributed by atoms with van der Waals surface area (Å²) < 4.78 is 17.1. The molecule has 1 saturated carbocycles. The fourth-order valence-electron chi connectivity index (χ4n) is 4.32. The molecule has 5 rings (SSSR count). The van der Waals surface area contributed by atoms with Gasteiger partial charge in [0, 0.05) is 0 Å². The van der Waals surface area contributed by atoms with Gasteiger partial charge in [0.05, 0.1) is 24.9 Å². The second-order valence-corrected chi connectivity index (χ2v) is 8.83. The Balaban J connectivity index is 1.14. The van der Waals surface area contributed by atoms with Gasteiger partial charge in [-0.15, -0.1) is 0 Å². The quantitative estimate of drug-likeness (QED) is 0.576. The van der Waals surface area contributed by atoms with Gasteiger partial charge in [-0.2, -0.15) is 0 Å². The van der Waals surface area contributed by atoms with E-state index < -0.39 is 5.54 Å². The van der Waals surface area contributed by atoms with Crippen LogP contribution in [0.3, 0.4) is 0 Å². The van der Waals surface area contributed by atoms with Gasteiger partial charge < -0.3 is 19.5 Å². The van der Waals surface area contributed by atoms with Crippen LogP contribution in [0.1, 0.15) is 30.9 Å². The van der Waals surface area contributed by atoms with Gasteiger partial charge in [0.2, 0.25) is 0 Å². The maximum Gasteiger partial charge on any atom is 0.408 e. The molecule has 0 bridgehead atoms. The van der Waals surface area contributed by atoms with Crippen LogP contribution in [-0.2, 0) is 21.6 Å². The number of fused-ring (bicyclic) bond motifs is 1. The molecular formula is C26H27NO4. The van der Waals surface area contributed by atoms with Gasteiger partial charge in [-0.05, 0) is 65.8 Å². The Hall–Kier alpha value is -3.05. The molecule has 2 fully saturated rings. The van der Waals surface area contributed by atoms with Crippen molar-refractivity contribution in [3.63, 3.8) is 0 Å². The highest BCUT2D eigenvalue weighted by atomic mass is 16.6. The Morgan fingerprint density at radius 3 is 2.58 bits per heavy atom. The van der Waals surface area contributed by atoms with Crippen molar-refractivity contribution in [3.05, 3.63) is 77.9 Å². The minimum atomic E-state index is -0.482. The lowest BCUT2D eigenvalue weighted by Gasteiger charge is -2.35. The molecule has 1 aliphatic carbocycles. The van der Waals surface area contributed by atoms with Crippen molar-refractivity contribution in [1.82, 2.24) is 5.32 Å². The Bertz CT molecular complexity index is 1080. The molecule has 1 saturated heterocycles. The minimum Gasteiger partial charge on any atom is -0.490 e. The second-order valence-electron chi connectivity index (χ2n) is 8.83. The Morgan fingerprint density at radius 2 is 1.81 bits per heavy atom. The van der Waals surface area contributed by atoms with Gasteiger partial charge in [0.15, 0.2) is 0 Å². The molecule has 3 aromatic rings. The highest BCUT2D eigenvalue weighted by Crippen LogP contribution is 2.34. The number of rotatable bonds is 7. The average molecular weight is 418 g/mol. The molecule has 0 aromatic heterocycles. The van der Waals surface area contributed by atoms with E-state index in [4.69, 9.17) is 14.2 Å². The molecule has 2 aliphatic rings. The fraction of sp³-hybridized carbons (Fsp3) is 0.346. The topological polar surface area (TPSA) is 56.8 Å². The number of carbonyl (C=O) groups excluding carboxylic acids is 1. The van der Waals surface area contributed by atoms with Crippen LogP contribution in [0.25, 0.3) is 10.8 Å². The summed E-state index contributed by atoms with van der Waals surface area (Å²) >= 11 is 0. The summed E-state index contributed by atoms with van der Waals surface area (Å²) in [6, 6.07) is 22.7. The van der Waals surface area contributed by atoms with Crippen molar-refractivity contribution < 1.29 is 19.0 Å². The van der Waals surface area contributed by atoms with Crippen LogP contribution >= 0.6 is 0 Å². The number of nitrogens with one attached hydrogen (secondary N) is 1. The van der Waals surface area contributed by atoms with Crippen LogP contribution < -0.4 is 10.1 Å². The first-order valence-electron chi connectivity index (χ1n) is 10.8. The molecule has 0 unspecified atom stereocenters. The number of cyclic esters (lactones) is 1. The molecule has 1 N–H and O–H groups in total. The third kappa shape index (κ3) is 4.37. The summed E-state index contributed by atoms with van der Waals surface area (Å²) in [7, 11) is 0. The van der Waals surface area contributed by atoms with Crippen LogP contribution in [0.4, 0.5) is 4.79 Å². The molecule has 31 heavy (non-hydrogen) atoms. The van der Waals surface area contributed by atoms with Crippen molar-refractivity contribution in [2.75, 3.05) is 13.2 Å². The van der Waals surface area contributed by atoms with Crippen molar-refractivity contribution in [3.8, 4) is 5.75 Å². The molecule has 1 atom stereocenters. The van der Waals surface area contributed by atoms with E-state index in [1.165, 1.54) is 5.56 Å². The van der Waals surface area contributed by atoms with E-state index in [0.717, 1.165) is 41.5 Å². The zero-order valence-electron chi connectivity index (χ0n) is 17.7. The molecule has 0 spiro atoms. The fourth-order valence-corrected chi connectivity index (χ4v) is 4.32. The molecule has 5 heteroatoms. The molecule has 5 nitrogen and oxygen atoms in total. The van der Waals surface area contributed by atoms with E-state index in [-0.39, 0.29) is 12.2 Å². The maximum atomic E-state index is 11.5. The highest BCUT2D eigenvalue weighted by Gasteiger charge is 2.36. The van der Waals surface area contributed by atoms with Gasteiger partial charge >= 0.3 is 6.09 Å². The number of amides is 1. The largest absolute Gasteiger partial charge is 0.490 e. The SMILES string of the molecule is C[C@@]1(c2ccc3cc(OC4CC(COCc5ccccc5)C4)ccc3c2)COC(=O)N1. The van der Waals surface area contributed by atoms with Gasteiger partial charge in [-0.3, -0.25) is 0 Å². The first-order chi connectivity index (χ1) is 15.1. The maximum absolute atomic E-state index is 11.5. The summed E-state index contributed by atoms with van der Waals surface area (Å²) in [5, 5.41) is 5.14. The monoisotopic (exact) mass is 417 g/mol. The number of hydrogen-bond donors (Lipinski definition) is 1. The zero-order valence-corrected chi connectivity index (χ0v) is 17.7. The van der Waals surface area contributed by atoms with Crippen LogP contribution in [-0.4, -0.2) is 25.4 Å². The first-order valence-corrected chi connectivity index (χ1v) is 10.8. The van der Waals surface area contributed by atoms with E-state index in [1.807, 2.05) is 37.3 Å². The van der Waals surface area contributed by atoms with Crippen molar-refractivity contribution >= 4 is 16.9 Å². The summed E-state index contributed by atoms with van der Waals surface area (Å²) in [6.07, 6.45) is 1.95. The van der Waals surface area contributed by atoms with Crippen molar-refractivity contribution in [2.45, 2.75) is 38.0 Å². The van der Waals surface area contributed by atoms with Crippen LogP contribution in [0, 0.1) is 5.92 Å². The Morgan fingerprint density at radius 1 is 1.03 bits per heavy atom. The molecule has 1 aliphatic heterocycles. The summed E-state index contributed by atoms with van der Waals surface area (Å²) in [6.45, 7) is 3.78. The Labute approximate surface area is 182 Å². The van der Waals surface area contributed by atoms with Gasteiger partial charge in [0.1, 0.15) is 12.4 Å². The van der Waals surface area contributed by atoms with Gasteiger partial charge in [-0.1, -0.05) is 48.5 Å². The van der Waals surface area contributed by atoms with E-state index in [1.54, 1.807) is 0 Å². The molecule has 1 amide bonds. The van der Waals surface area contributed by atoms with Crippen LogP contribution in [0.2, 0.25) is 0 Å². The summed E-state index contributed by atoms with van der Waals surface area (Å²) in [4.78, 5) is 11.5. The van der Waals surface area contributed by atoms with Gasteiger partial charge in [0.25, 0.3) is 0 Å². The van der Waals surface area contributed by atoms with Crippen LogP contribution in [0.5, 0.6) is 5.75 Å². The summed E-state index contributed by atoms with van der Waals surface area (Å²) in [5.74, 6) is 1.47. The predicted octanol–water partition coefficient (Wildman–Crippen LogP) is 5.17. The smallest absolute Gasteiger partial charge is 0.408 e. The number of alkyl carbamates (subject to hydrolysis) is 1. The predicted molar refractivity (Wildman–Crippen MR) is 119 cm³/mol. The van der Waals surface area contributed by atoms with E-state index in [9.17, 15) is 4.79 Å². The molecule has 1 heterocycles. The minimum absolute atomic E-state index is 0.256. The molecule has 0 radical (unpaired) electrons. The molecular weight excluding hydrogens is 390 g/mol. The average Bonchev–Trinajstić information content (AvgIpc) is 3.12. The van der Waals surface area contributed by atoms with Crippen LogP contribution in [0.15, 0.2) is 66.7 Å². The normalized spacial score (nSPS) is 25.0. The third-order valence-electron chi connectivity index (χ3n) is 6.28. The highest BCUT2D eigenvalue weighted by molar-refractivity contribution is 5.85. The second kappa shape index (κ2) is 8.23. The summed E-state index contributed by atoms with van der Waals surface area (Å²) in [5.41, 5.74) is 1.77. The standard InChI is InChI=1S/C26H27NO4/c1-26(17-30-25(28)27-26)22-9-7-21-14-23(10-8-20(21)13-22)31-24-11-19(12-24)16-29-15-18-5-3-2-4-6-18/h2-10,13-14,19,24H,11-12,15-17H2,1H3,(H,27,28)/t19?,24?,26-/m0/s1. The van der Waals surface area contributed by atoms with E-state index in [0.29, 0.717) is 19.1 Å². The van der Waals surface area contributed by atoms with Crippen molar-refractivity contribution in [1.29, 1.82) is 0 Å². The molecule has 160 valence electrons. The first kappa shape index (κ1) is 19.9. The molecule has 3 aromatic carbocycles. The van der Waals surface area contributed by atoms with E-state index in [2.05, 4.69) is 41.7 Å². The van der Waals surface area contributed by atoms with Crippen molar-refractivity contribution in [2.24, 2.45) is 5.92 Å². The number of benzene rings is 3. The lowest BCUT2D eigenvalue weighted by molar-refractivity contribution is -0.00245. The van der Waals surface area contributed by atoms with E-state index >= 15 is 0 Å². The lowest BCUT2D eigenvalue weighted by Crippen LogP contribution is -2.37. The number of ether oxygens (including phenoxy) is 3. The zero-order chi connectivity index (χ0) is 21.3. The number of hydrogen-bond acceptors (Lipinski definition) is 4. The Kier molecular flexibility index (Phi) is 5.28. The van der Waals surface area contributed by atoms with Gasteiger partial charge in [-0.25, -0.2) is 4.79 Å². The lowest BCUT2D eigenvalue weighted by atomic mass is 9.83.